The number of ether oxygens (including phenoxy) is 1. The molecule has 0 spiro atoms. The van der Waals surface area contributed by atoms with E-state index in [0.29, 0.717) is 12.0 Å². The van der Waals surface area contributed by atoms with Crippen LogP contribution in [-0.4, -0.2) is 26.2 Å². The van der Waals surface area contributed by atoms with Crippen LogP contribution in [0.5, 0.6) is 0 Å². The molecule has 0 aliphatic heterocycles. The highest BCUT2D eigenvalue weighted by Crippen LogP contribution is 2.42. The van der Waals surface area contributed by atoms with Crippen molar-refractivity contribution in [2.45, 2.75) is 52.7 Å². The fraction of sp³-hybridized carbons (Fsp3) is 0.632. The van der Waals surface area contributed by atoms with Gasteiger partial charge in [0.25, 0.3) is 0 Å². The largest absolute Gasteiger partial charge is 0.377 e. The Morgan fingerprint density at radius 2 is 1.88 bits per heavy atom. The fourth-order valence-corrected chi connectivity index (χ4v) is 3.09. The molecule has 0 radical (unpaired) electrons. The van der Waals surface area contributed by atoms with Gasteiger partial charge in [-0.15, -0.1) is 24.0 Å². The Balaban J connectivity index is 0.00000288. The van der Waals surface area contributed by atoms with Gasteiger partial charge in [-0.3, -0.25) is 4.99 Å². The van der Waals surface area contributed by atoms with E-state index in [0.717, 1.165) is 25.7 Å². The van der Waals surface area contributed by atoms with Gasteiger partial charge in [0, 0.05) is 26.7 Å². The van der Waals surface area contributed by atoms with Crippen molar-refractivity contribution in [3.05, 3.63) is 35.4 Å². The second-order valence-electron chi connectivity index (χ2n) is 6.39. The van der Waals surface area contributed by atoms with Gasteiger partial charge in [-0.05, 0) is 42.7 Å². The lowest BCUT2D eigenvalue weighted by molar-refractivity contribution is 0.131. The van der Waals surface area contributed by atoms with Gasteiger partial charge in [0.05, 0.1) is 6.61 Å². The van der Waals surface area contributed by atoms with Crippen LogP contribution < -0.4 is 10.6 Å². The number of benzene rings is 1. The number of halogens is 1. The molecule has 1 fully saturated rings. The summed E-state index contributed by atoms with van der Waals surface area (Å²) in [6.07, 6.45) is 5.29. The second-order valence-corrected chi connectivity index (χ2v) is 6.39. The SMILES string of the molecule is CCOCc1ccccc1CNC(=NC)NCC1(CC)CCC1.I. The van der Waals surface area contributed by atoms with Gasteiger partial charge in [-0.2, -0.15) is 0 Å². The maximum atomic E-state index is 5.55. The van der Waals surface area contributed by atoms with Crippen molar-refractivity contribution < 1.29 is 4.74 Å². The van der Waals surface area contributed by atoms with E-state index in [1.54, 1.807) is 0 Å². The Morgan fingerprint density at radius 3 is 2.42 bits per heavy atom. The molecule has 0 heterocycles. The highest BCUT2D eigenvalue weighted by Gasteiger charge is 2.34. The molecule has 1 aliphatic carbocycles. The van der Waals surface area contributed by atoms with Crippen molar-refractivity contribution in [3.63, 3.8) is 0 Å². The van der Waals surface area contributed by atoms with Crippen molar-refractivity contribution in [2.75, 3.05) is 20.2 Å². The molecule has 1 aromatic carbocycles. The molecule has 1 saturated carbocycles. The lowest BCUT2D eigenvalue weighted by Gasteiger charge is -2.41. The van der Waals surface area contributed by atoms with Crippen molar-refractivity contribution in [1.82, 2.24) is 10.6 Å². The normalized spacial score (nSPS) is 16.0. The molecule has 0 saturated heterocycles. The smallest absolute Gasteiger partial charge is 0.191 e. The maximum absolute atomic E-state index is 5.55. The van der Waals surface area contributed by atoms with Crippen LogP contribution in [0, 0.1) is 5.41 Å². The zero-order valence-electron chi connectivity index (χ0n) is 15.2. The Morgan fingerprint density at radius 1 is 1.17 bits per heavy atom. The molecule has 24 heavy (non-hydrogen) atoms. The molecule has 4 nitrogen and oxygen atoms in total. The van der Waals surface area contributed by atoms with Crippen LogP contribution in [-0.2, 0) is 17.9 Å². The van der Waals surface area contributed by atoms with E-state index in [2.05, 4.69) is 46.8 Å². The third-order valence-electron chi connectivity index (χ3n) is 5.05. The molecule has 2 N–H and O–H groups in total. The highest BCUT2D eigenvalue weighted by atomic mass is 127. The molecule has 0 atom stereocenters. The van der Waals surface area contributed by atoms with Crippen LogP contribution in [0.2, 0.25) is 0 Å². The second kappa shape index (κ2) is 10.9. The Kier molecular flexibility index (Phi) is 9.66. The van der Waals surface area contributed by atoms with E-state index in [1.165, 1.54) is 36.8 Å². The zero-order chi connectivity index (χ0) is 16.5. The van der Waals surface area contributed by atoms with Crippen LogP contribution in [0.1, 0.15) is 50.7 Å². The summed E-state index contributed by atoms with van der Waals surface area (Å²) in [6, 6.07) is 8.41. The molecule has 1 aliphatic rings. The Hall–Kier alpha value is -0.820. The van der Waals surface area contributed by atoms with Gasteiger partial charge in [-0.25, -0.2) is 0 Å². The number of hydrogen-bond acceptors (Lipinski definition) is 2. The van der Waals surface area contributed by atoms with Crippen molar-refractivity contribution >= 4 is 29.9 Å². The Bertz CT molecular complexity index is 510. The third kappa shape index (κ3) is 5.92. The summed E-state index contributed by atoms with van der Waals surface area (Å²) in [5, 5.41) is 6.93. The highest BCUT2D eigenvalue weighted by molar-refractivity contribution is 14.0. The van der Waals surface area contributed by atoms with Gasteiger partial charge in [-0.1, -0.05) is 37.6 Å². The number of nitrogens with zero attached hydrogens (tertiary/aromatic N) is 1. The minimum atomic E-state index is 0. The molecule has 136 valence electrons. The monoisotopic (exact) mass is 445 g/mol. The Labute approximate surface area is 163 Å². The van der Waals surface area contributed by atoms with Gasteiger partial charge in [0.1, 0.15) is 0 Å². The summed E-state index contributed by atoms with van der Waals surface area (Å²) >= 11 is 0. The number of nitrogens with one attached hydrogen (secondary N) is 2. The van der Waals surface area contributed by atoms with Gasteiger partial charge in [0.2, 0.25) is 0 Å². The number of rotatable bonds is 8. The van der Waals surface area contributed by atoms with Crippen LogP contribution >= 0.6 is 24.0 Å². The van der Waals surface area contributed by atoms with E-state index >= 15 is 0 Å². The van der Waals surface area contributed by atoms with E-state index in [1.807, 2.05) is 14.0 Å². The van der Waals surface area contributed by atoms with Gasteiger partial charge >= 0.3 is 0 Å². The molecule has 5 heteroatoms. The van der Waals surface area contributed by atoms with Crippen LogP contribution in [0.15, 0.2) is 29.3 Å². The first-order valence-electron chi connectivity index (χ1n) is 8.82. The first kappa shape index (κ1) is 21.2. The van der Waals surface area contributed by atoms with Crippen LogP contribution in [0.4, 0.5) is 0 Å². The molecule has 2 rings (SSSR count). The summed E-state index contributed by atoms with van der Waals surface area (Å²) in [5.74, 6) is 0.885. The van der Waals surface area contributed by atoms with E-state index < -0.39 is 0 Å². The lowest BCUT2D eigenvalue weighted by Crippen LogP contribution is -2.46. The van der Waals surface area contributed by atoms with Crippen LogP contribution in [0.25, 0.3) is 0 Å². The van der Waals surface area contributed by atoms with E-state index in [-0.39, 0.29) is 24.0 Å². The first-order chi connectivity index (χ1) is 11.2. The molecular weight excluding hydrogens is 413 g/mol. The van der Waals surface area contributed by atoms with Crippen LogP contribution in [0.3, 0.4) is 0 Å². The summed E-state index contributed by atoms with van der Waals surface area (Å²) in [7, 11) is 1.83. The average molecular weight is 445 g/mol. The molecular formula is C19H32IN3O. The molecule has 0 bridgehead atoms. The number of guanidine groups is 1. The van der Waals surface area contributed by atoms with E-state index in [4.69, 9.17) is 4.74 Å². The predicted octanol–water partition coefficient (Wildman–Crippen LogP) is 4.09. The van der Waals surface area contributed by atoms with Crippen molar-refractivity contribution in [2.24, 2.45) is 10.4 Å². The van der Waals surface area contributed by atoms with Gasteiger partial charge in [0.15, 0.2) is 5.96 Å². The third-order valence-corrected chi connectivity index (χ3v) is 5.05. The minimum Gasteiger partial charge on any atom is -0.377 e. The lowest BCUT2D eigenvalue weighted by atomic mass is 9.67. The summed E-state index contributed by atoms with van der Waals surface area (Å²) < 4.78 is 5.55. The van der Waals surface area contributed by atoms with Crippen molar-refractivity contribution in [3.8, 4) is 0 Å². The topological polar surface area (TPSA) is 45.6 Å². The van der Waals surface area contributed by atoms with Crippen molar-refractivity contribution in [1.29, 1.82) is 0 Å². The summed E-state index contributed by atoms with van der Waals surface area (Å²) in [6.45, 7) is 7.51. The molecule has 1 aromatic rings. The average Bonchev–Trinajstić information content (AvgIpc) is 2.55. The first-order valence-corrected chi connectivity index (χ1v) is 8.82. The summed E-state index contributed by atoms with van der Waals surface area (Å²) in [5.41, 5.74) is 2.99. The number of aliphatic imine (C=N–C) groups is 1. The van der Waals surface area contributed by atoms with E-state index in [9.17, 15) is 0 Å². The molecule has 0 amide bonds. The minimum absolute atomic E-state index is 0. The molecule has 0 unspecified atom stereocenters. The van der Waals surface area contributed by atoms with Gasteiger partial charge < -0.3 is 15.4 Å². The summed E-state index contributed by atoms with van der Waals surface area (Å²) in [4.78, 5) is 4.35. The standard InChI is InChI=1S/C19H31N3O.HI/c1-4-19(11-8-12-19)15-22-18(20-3)21-13-16-9-6-7-10-17(16)14-23-5-2;/h6-7,9-10H,4-5,8,11-15H2,1-3H3,(H2,20,21,22);1H. The number of hydrogen-bond donors (Lipinski definition) is 2. The fourth-order valence-electron chi connectivity index (χ4n) is 3.09. The maximum Gasteiger partial charge on any atom is 0.191 e. The molecule has 0 aromatic heterocycles. The zero-order valence-corrected chi connectivity index (χ0v) is 17.6. The predicted molar refractivity (Wildman–Crippen MR) is 112 cm³/mol. The quantitative estimate of drug-likeness (QED) is 0.360.